The summed E-state index contributed by atoms with van der Waals surface area (Å²) in [6, 6.07) is -0.107. The Morgan fingerprint density at radius 2 is 1.95 bits per heavy atom. The first-order valence-electron chi connectivity index (χ1n) is 16.4. The number of nitrogens with two attached hydrogens (primary N) is 2. The van der Waals surface area contributed by atoms with Crippen LogP contribution in [0.1, 0.15) is 111 Å². The summed E-state index contributed by atoms with van der Waals surface area (Å²) in [5, 5.41) is 21.1. The molecule has 0 radical (unpaired) electrons. The van der Waals surface area contributed by atoms with Crippen LogP contribution < -0.4 is 27.4 Å². The molecule has 4 fully saturated rings. The standard InChI is InChI=1S/C32H58ClN5O2/c1-4-6-8-22-18-36-20-26(28(22)32-12-7-9-24(39)14-21(15-32)16-32)38-30(40)27(29(34)35)25-17-31(3,11-5-2)13-10-23(33)19-37-25/h18,21,23-29,36-37,39H,4-17,19-20,34-35H2,1-3H3,(H,38,40). The van der Waals surface area contributed by atoms with Crippen LogP contribution in [0.15, 0.2) is 11.8 Å². The van der Waals surface area contributed by atoms with Crippen LogP contribution in [0.5, 0.6) is 0 Å². The Kier molecular flexibility index (Phi) is 11.3. The minimum absolute atomic E-state index is 0.00672. The van der Waals surface area contributed by atoms with Crippen molar-refractivity contribution in [1.82, 2.24) is 16.0 Å². The second kappa shape index (κ2) is 14.1. The highest BCUT2D eigenvalue weighted by atomic mass is 35.5. The molecule has 0 aromatic carbocycles. The number of hydrogen-bond donors (Lipinski definition) is 6. The third-order valence-electron chi connectivity index (χ3n) is 10.8. The minimum atomic E-state index is -0.754. The summed E-state index contributed by atoms with van der Waals surface area (Å²) >= 11 is 6.67. The molecule has 7 unspecified atom stereocenters. The molecule has 2 heterocycles. The van der Waals surface area contributed by atoms with Gasteiger partial charge in [-0.1, -0.05) is 40.0 Å². The molecule has 5 rings (SSSR count). The van der Waals surface area contributed by atoms with E-state index in [-0.39, 0.29) is 40.3 Å². The summed E-state index contributed by atoms with van der Waals surface area (Å²) in [6.45, 7) is 8.19. The lowest BCUT2D eigenvalue weighted by Gasteiger charge is -2.58. The second-order valence-electron chi connectivity index (χ2n) is 14.3. The van der Waals surface area contributed by atoms with Crippen molar-refractivity contribution >= 4 is 17.5 Å². The van der Waals surface area contributed by atoms with E-state index in [1.807, 2.05) is 0 Å². The van der Waals surface area contributed by atoms with Crippen LogP contribution in [0, 0.1) is 28.6 Å². The molecule has 230 valence electrons. The van der Waals surface area contributed by atoms with Crippen molar-refractivity contribution in [3.05, 3.63) is 11.8 Å². The lowest BCUT2D eigenvalue weighted by atomic mass is 9.49. The topological polar surface area (TPSA) is 125 Å². The van der Waals surface area contributed by atoms with Crippen LogP contribution in [0.3, 0.4) is 0 Å². The summed E-state index contributed by atoms with van der Waals surface area (Å²) in [5.41, 5.74) is 14.6. The largest absolute Gasteiger partial charge is 0.393 e. The Bertz CT molecular complexity index is 857. The number of rotatable bonds is 10. The fraction of sp³-hybridized carbons (Fsp3) is 0.906. The highest BCUT2D eigenvalue weighted by Gasteiger charge is 2.54. The van der Waals surface area contributed by atoms with Gasteiger partial charge in [-0.05, 0) is 99.1 Å². The molecule has 0 aromatic rings. The van der Waals surface area contributed by atoms with E-state index < -0.39 is 12.1 Å². The summed E-state index contributed by atoms with van der Waals surface area (Å²) in [4.78, 5) is 14.2. The maximum Gasteiger partial charge on any atom is 0.227 e. The molecule has 8 heteroatoms. The maximum atomic E-state index is 14.2. The van der Waals surface area contributed by atoms with Crippen molar-refractivity contribution in [3.8, 4) is 0 Å². The zero-order valence-corrected chi connectivity index (χ0v) is 26.2. The predicted octanol–water partition coefficient (Wildman–Crippen LogP) is 4.51. The number of unbranched alkanes of at least 4 members (excludes halogenated alkanes) is 1. The number of nitrogens with one attached hydrogen (secondary N) is 3. The Morgan fingerprint density at radius 1 is 1.18 bits per heavy atom. The van der Waals surface area contributed by atoms with Gasteiger partial charge in [0.25, 0.3) is 0 Å². The summed E-state index contributed by atoms with van der Waals surface area (Å²) in [6.07, 6.45) is 16.1. The molecule has 0 aromatic heterocycles. The van der Waals surface area contributed by atoms with Gasteiger partial charge in [0.1, 0.15) is 0 Å². The van der Waals surface area contributed by atoms with E-state index >= 15 is 0 Å². The average molecular weight is 580 g/mol. The first kappa shape index (κ1) is 32.1. The summed E-state index contributed by atoms with van der Waals surface area (Å²) < 4.78 is 0. The van der Waals surface area contributed by atoms with Gasteiger partial charge < -0.3 is 32.5 Å². The van der Waals surface area contributed by atoms with Crippen molar-refractivity contribution in [2.75, 3.05) is 13.1 Å². The second-order valence-corrected chi connectivity index (χ2v) is 14.9. The van der Waals surface area contributed by atoms with Crippen molar-refractivity contribution in [2.45, 2.75) is 140 Å². The molecular formula is C32H58ClN5O2. The Balaban J connectivity index is 1.56. The van der Waals surface area contributed by atoms with Gasteiger partial charge in [-0.15, -0.1) is 11.6 Å². The fourth-order valence-corrected chi connectivity index (χ4v) is 9.19. The number of aliphatic hydroxyl groups excluding tert-OH is 1. The predicted molar refractivity (Wildman–Crippen MR) is 165 cm³/mol. The Labute approximate surface area is 248 Å². The van der Waals surface area contributed by atoms with Gasteiger partial charge in [0.05, 0.1) is 24.2 Å². The van der Waals surface area contributed by atoms with Crippen molar-refractivity contribution < 1.29 is 9.90 Å². The Hall–Kier alpha value is -0.860. The highest BCUT2D eigenvalue weighted by Crippen LogP contribution is 2.60. The molecular weight excluding hydrogens is 522 g/mol. The van der Waals surface area contributed by atoms with Crippen LogP contribution in [-0.2, 0) is 4.79 Å². The SMILES string of the molecule is CCCCC1=CNCC(NC(=O)C(C(N)N)C2CC(C)(CCC)CCC(Cl)CN2)C1C12CCCC(O)CC(C1)C2. The number of aliphatic hydroxyl groups is 1. The number of hydrogen-bond acceptors (Lipinski definition) is 6. The van der Waals surface area contributed by atoms with Gasteiger partial charge in [-0.25, -0.2) is 0 Å². The van der Waals surface area contributed by atoms with Crippen molar-refractivity contribution in [2.24, 2.45) is 40.1 Å². The molecule has 7 atom stereocenters. The van der Waals surface area contributed by atoms with Gasteiger partial charge in [-0.2, -0.15) is 0 Å². The smallest absolute Gasteiger partial charge is 0.227 e. The van der Waals surface area contributed by atoms with Crippen LogP contribution in [0.25, 0.3) is 0 Å². The molecule has 8 N–H and O–H groups in total. The number of fused-ring (bicyclic) bond motifs is 4. The number of carbonyl (C=O) groups excluding carboxylic acids is 1. The minimum Gasteiger partial charge on any atom is -0.393 e. The third kappa shape index (κ3) is 7.55. The molecule has 0 spiro atoms. The van der Waals surface area contributed by atoms with E-state index in [9.17, 15) is 9.90 Å². The van der Waals surface area contributed by atoms with Gasteiger partial charge in [0.2, 0.25) is 5.91 Å². The van der Waals surface area contributed by atoms with E-state index in [1.165, 1.54) is 5.57 Å². The lowest BCUT2D eigenvalue weighted by Crippen LogP contribution is -2.63. The summed E-state index contributed by atoms with van der Waals surface area (Å²) in [5.74, 6) is 0.356. The van der Waals surface area contributed by atoms with Crippen LogP contribution in [0.4, 0.5) is 0 Å². The Morgan fingerprint density at radius 3 is 2.65 bits per heavy atom. The van der Waals surface area contributed by atoms with E-state index in [2.05, 4.69) is 42.9 Å². The molecule has 3 saturated carbocycles. The maximum absolute atomic E-state index is 14.2. The molecule has 40 heavy (non-hydrogen) atoms. The van der Waals surface area contributed by atoms with E-state index in [0.29, 0.717) is 18.4 Å². The number of amides is 1. The van der Waals surface area contributed by atoms with Gasteiger partial charge in [0.15, 0.2) is 0 Å². The molecule has 5 aliphatic rings. The molecule has 3 aliphatic carbocycles. The van der Waals surface area contributed by atoms with E-state index in [1.54, 1.807) is 0 Å². The van der Waals surface area contributed by atoms with E-state index in [4.69, 9.17) is 23.1 Å². The first-order valence-corrected chi connectivity index (χ1v) is 16.8. The highest BCUT2D eigenvalue weighted by molar-refractivity contribution is 6.20. The molecule has 1 amide bonds. The molecule has 2 aliphatic heterocycles. The molecule has 2 bridgehead atoms. The van der Waals surface area contributed by atoms with Crippen LogP contribution >= 0.6 is 11.6 Å². The molecule has 7 nitrogen and oxygen atoms in total. The fourth-order valence-electron chi connectivity index (χ4n) is 8.99. The van der Waals surface area contributed by atoms with Crippen LogP contribution in [0.2, 0.25) is 0 Å². The average Bonchev–Trinajstić information content (AvgIpc) is 2.85. The summed E-state index contributed by atoms with van der Waals surface area (Å²) in [7, 11) is 0. The van der Waals surface area contributed by atoms with Gasteiger partial charge in [0, 0.05) is 30.4 Å². The zero-order chi connectivity index (χ0) is 28.9. The zero-order valence-electron chi connectivity index (χ0n) is 25.4. The monoisotopic (exact) mass is 579 g/mol. The number of carbonyl (C=O) groups is 1. The normalized spacial score (nSPS) is 39.5. The van der Waals surface area contributed by atoms with Crippen LogP contribution in [-0.4, -0.2) is 53.8 Å². The quantitative estimate of drug-likeness (QED) is 0.167. The van der Waals surface area contributed by atoms with E-state index in [0.717, 1.165) is 96.4 Å². The van der Waals surface area contributed by atoms with Gasteiger partial charge in [-0.3, -0.25) is 4.79 Å². The number of halogens is 1. The van der Waals surface area contributed by atoms with Crippen molar-refractivity contribution in [3.63, 3.8) is 0 Å². The first-order chi connectivity index (χ1) is 19.1. The van der Waals surface area contributed by atoms with Crippen molar-refractivity contribution in [1.29, 1.82) is 0 Å². The lowest BCUT2D eigenvalue weighted by molar-refractivity contribution is -0.129. The third-order valence-corrected chi connectivity index (χ3v) is 11.2. The van der Waals surface area contributed by atoms with Gasteiger partial charge >= 0.3 is 0 Å². The number of alkyl halides is 1. The molecule has 1 saturated heterocycles.